The lowest BCUT2D eigenvalue weighted by atomic mass is 9.89. The number of benzene rings is 1. The maximum Gasteiger partial charge on any atom is 0.144 e. The summed E-state index contributed by atoms with van der Waals surface area (Å²) in [5, 5.41) is 0. The summed E-state index contributed by atoms with van der Waals surface area (Å²) < 4.78 is 5.61. The molecule has 0 radical (unpaired) electrons. The first-order chi connectivity index (χ1) is 9.61. The number of rotatable bonds is 4. The van der Waals surface area contributed by atoms with E-state index in [9.17, 15) is 0 Å². The van der Waals surface area contributed by atoms with Crippen molar-refractivity contribution < 1.29 is 4.74 Å². The summed E-state index contributed by atoms with van der Waals surface area (Å²) >= 11 is 0. The molecule has 1 aliphatic rings. The zero-order valence-electron chi connectivity index (χ0n) is 13.1. The summed E-state index contributed by atoms with van der Waals surface area (Å²) in [6.45, 7) is 9.61. The third-order valence-electron chi connectivity index (χ3n) is 4.38. The van der Waals surface area contributed by atoms with E-state index in [0.29, 0.717) is 6.61 Å². The smallest absolute Gasteiger partial charge is 0.144 e. The molecule has 2 rings (SSSR count). The van der Waals surface area contributed by atoms with Gasteiger partial charge in [0.15, 0.2) is 0 Å². The zero-order chi connectivity index (χ0) is 14.5. The molecule has 3 nitrogen and oxygen atoms in total. The van der Waals surface area contributed by atoms with Crippen molar-refractivity contribution in [3.8, 4) is 5.75 Å². The molecule has 1 aliphatic heterocycles. The Balaban J connectivity index is 2.09. The van der Waals surface area contributed by atoms with Crippen LogP contribution in [0, 0.1) is 11.8 Å². The van der Waals surface area contributed by atoms with Gasteiger partial charge in [-0.2, -0.15) is 0 Å². The Morgan fingerprint density at radius 3 is 2.80 bits per heavy atom. The van der Waals surface area contributed by atoms with E-state index in [1.54, 1.807) is 0 Å². The Bertz CT molecular complexity index is 431. The highest BCUT2D eigenvalue weighted by molar-refractivity contribution is 5.62. The number of hydrogen-bond donors (Lipinski definition) is 1. The average molecular weight is 276 g/mol. The highest BCUT2D eigenvalue weighted by atomic mass is 16.5. The highest BCUT2D eigenvalue weighted by Gasteiger charge is 2.20. The van der Waals surface area contributed by atoms with Crippen molar-refractivity contribution in [3.05, 3.63) is 18.2 Å². The van der Waals surface area contributed by atoms with Crippen molar-refractivity contribution in [2.45, 2.75) is 40.0 Å². The van der Waals surface area contributed by atoms with E-state index in [4.69, 9.17) is 10.5 Å². The van der Waals surface area contributed by atoms with Gasteiger partial charge in [0.1, 0.15) is 5.75 Å². The molecule has 0 amide bonds. The van der Waals surface area contributed by atoms with Gasteiger partial charge in [0.25, 0.3) is 0 Å². The molecule has 1 aromatic rings. The van der Waals surface area contributed by atoms with Gasteiger partial charge in [-0.3, -0.25) is 0 Å². The van der Waals surface area contributed by atoms with E-state index in [2.05, 4.69) is 30.9 Å². The molecule has 0 bridgehead atoms. The van der Waals surface area contributed by atoms with E-state index in [1.165, 1.54) is 24.9 Å². The third-order valence-corrected chi connectivity index (χ3v) is 4.38. The van der Waals surface area contributed by atoms with Crippen LogP contribution in [0.2, 0.25) is 0 Å². The molecule has 2 N–H and O–H groups in total. The number of ether oxygens (including phenoxy) is 1. The molecule has 1 atom stereocenters. The van der Waals surface area contributed by atoms with Crippen LogP contribution in [-0.2, 0) is 0 Å². The topological polar surface area (TPSA) is 38.5 Å². The van der Waals surface area contributed by atoms with Crippen LogP contribution in [0.1, 0.15) is 40.0 Å². The maximum atomic E-state index is 5.95. The fourth-order valence-corrected chi connectivity index (χ4v) is 3.05. The first kappa shape index (κ1) is 15.0. The van der Waals surface area contributed by atoms with E-state index >= 15 is 0 Å². The fraction of sp³-hybridized carbons (Fsp3) is 0.647. The number of nitrogen functional groups attached to an aromatic ring is 1. The standard InChI is InChI=1S/C17H28N2O/c1-4-20-17-12-15(7-8-16(17)18)19-10-5-6-14(9-11-19)13(2)3/h7-8,12-14H,4-6,9-11,18H2,1-3H3. The van der Waals surface area contributed by atoms with Gasteiger partial charge in [-0.1, -0.05) is 13.8 Å². The lowest BCUT2D eigenvalue weighted by molar-refractivity contribution is 0.342. The van der Waals surface area contributed by atoms with Crippen molar-refractivity contribution in [3.63, 3.8) is 0 Å². The number of hydrogen-bond acceptors (Lipinski definition) is 3. The second-order valence-electron chi connectivity index (χ2n) is 6.08. The van der Waals surface area contributed by atoms with Crippen LogP contribution in [0.15, 0.2) is 18.2 Å². The molecular weight excluding hydrogens is 248 g/mol. The summed E-state index contributed by atoms with van der Waals surface area (Å²) in [7, 11) is 0. The van der Waals surface area contributed by atoms with Crippen LogP contribution in [0.3, 0.4) is 0 Å². The largest absolute Gasteiger partial charge is 0.492 e. The van der Waals surface area contributed by atoms with Crippen LogP contribution in [-0.4, -0.2) is 19.7 Å². The van der Waals surface area contributed by atoms with E-state index in [1.807, 2.05) is 13.0 Å². The molecule has 3 heteroatoms. The molecule has 1 unspecified atom stereocenters. The normalized spacial score (nSPS) is 20.0. The molecule has 112 valence electrons. The van der Waals surface area contributed by atoms with Gasteiger partial charge in [0.05, 0.1) is 12.3 Å². The number of nitrogens with zero attached hydrogens (tertiary/aromatic N) is 1. The van der Waals surface area contributed by atoms with Gasteiger partial charge in [0.2, 0.25) is 0 Å². The van der Waals surface area contributed by atoms with Crippen LogP contribution in [0.5, 0.6) is 5.75 Å². The van der Waals surface area contributed by atoms with E-state index < -0.39 is 0 Å². The predicted octanol–water partition coefficient (Wildman–Crippen LogP) is 3.93. The van der Waals surface area contributed by atoms with Crippen molar-refractivity contribution in [1.82, 2.24) is 0 Å². The Labute approximate surface area is 123 Å². The Morgan fingerprint density at radius 2 is 2.10 bits per heavy atom. The minimum Gasteiger partial charge on any atom is -0.492 e. The summed E-state index contributed by atoms with van der Waals surface area (Å²) in [6, 6.07) is 6.17. The Hall–Kier alpha value is -1.38. The van der Waals surface area contributed by atoms with Crippen molar-refractivity contribution in [1.29, 1.82) is 0 Å². The van der Waals surface area contributed by atoms with Gasteiger partial charge in [-0.15, -0.1) is 0 Å². The van der Waals surface area contributed by atoms with Gasteiger partial charge in [0, 0.05) is 24.8 Å². The summed E-state index contributed by atoms with van der Waals surface area (Å²) in [5.74, 6) is 2.47. The quantitative estimate of drug-likeness (QED) is 0.847. The second kappa shape index (κ2) is 6.87. The maximum absolute atomic E-state index is 5.95. The third kappa shape index (κ3) is 3.59. The van der Waals surface area contributed by atoms with Crippen LogP contribution < -0.4 is 15.4 Å². The average Bonchev–Trinajstić information content (AvgIpc) is 2.67. The minimum absolute atomic E-state index is 0.656. The minimum atomic E-state index is 0.656. The highest BCUT2D eigenvalue weighted by Crippen LogP contribution is 2.31. The fourth-order valence-electron chi connectivity index (χ4n) is 3.05. The van der Waals surface area contributed by atoms with Gasteiger partial charge in [-0.05, 0) is 50.2 Å². The van der Waals surface area contributed by atoms with Gasteiger partial charge < -0.3 is 15.4 Å². The van der Waals surface area contributed by atoms with Crippen LogP contribution in [0.25, 0.3) is 0 Å². The number of nitrogens with two attached hydrogens (primary N) is 1. The molecule has 1 fully saturated rings. The van der Waals surface area contributed by atoms with Crippen molar-refractivity contribution >= 4 is 11.4 Å². The first-order valence-corrected chi connectivity index (χ1v) is 7.89. The molecule has 0 saturated carbocycles. The van der Waals surface area contributed by atoms with E-state index in [0.717, 1.165) is 36.4 Å². The molecule has 0 aliphatic carbocycles. The summed E-state index contributed by atoms with van der Waals surface area (Å²) in [5.41, 5.74) is 7.92. The lowest BCUT2D eigenvalue weighted by Gasteiger charge is -2.24. The molecule has 1 saturated heterocycles. The SMILES string of the molecule is CCOc1cc(N2CCCC(C(C)C)CC2)ccc1N. The molecule has 1 heterocycles. The van der Waals surface area contributed by atoms with E-state index in [-0.39, 0.29) is 0 Å². The number of anilines is 2. The van der Waals surface area contributed by atoms with Crippen molar-refractivity contribution in [2.75, 3.05) is 30.3 Å². The molecule has 0 aromatic heterocycles. The van der Waals surface area contributed by atoms with Crippen molar-refractivity contribution in [2.24, 2.45) is 11.8 Å². The van der Waals surface area contributed by atoms with Crippen LogP contribution >= 0.6 is 0 Å². The second-order valence-corrected chi connectivity index (χ2v) is 6.08. The molecular formula is C17H28N2O. The monoisotopic (exact) mass is 276 g/mol. The van der Waals surface area contributed by atoms with Gasteiger partial charge in [-0.25, -0.2) is 0 Å². The molecule has 0 spiro atoms. The van der Waals surface area contributed by atoms with Crippen LogP contribution in [0.4, 0.5) is 11.4 Å². The first-order valence-electron chi connectivity index (χ1n) is 7.89. The molecule has 20 heavy (non-hydrogen) atoms. The Kier molecular flexibility index (Phi) is 5.16. The summed E-state index contributed by atoms with van der Waals surface area (Å²) in [6.07, 6.45) is 3.91. The Morgan fingerprint density at radius 1 is 1.30 bits per heavy atom. The summed E-state index contributed by atoms with van der Waals surface area (Å²) in [4.78, 5) is 2.48. The molecule has 1 aromatic carbocycles. The predicted molar refractivity (Wildman–Crippen MR) is 86.4 cm³/mol. The zero-order valence-corrected chi connectivity index (χ0v) is 13.1. The lowest BCUT2D eigenvalue weighted by Crippen LogP contribution is -2.24. The van der Waals surface area contributed by atoms with Gasteiger partial charge >= 0.3 is 0 Å².